The van der Waals surface area contributed by atoms with Crippen LogP contribution in [0, 0.1) is 5.92 Å². The summed E-state index contributed by atoms with van der Waals surface area (Å²) in [6.45, 7) is 3.02. The summed E-state index contributed by atoms with van der Waals surface area (Å²) >= 11 is 12.6. The first kappa shape index (κ1) is 16.3. The second-order valence-electron chi connectivity index (χ2n) is 5.37. The van der Waals surface area contributed by atoms with Crippen LogP contribution in [0.1, 0.15) is 31.7 Å². The number of hydrogen-bond acceptors (Lipinski definition) is 2. The summed E-state index contributed by atoms with van der Waals surface area (Å²) in [6.07, 6.45) is 7.64. The Morgan fingerprint density at radius 3 is 2.62 bits per heavy atom. The van der Waals surface area contributed by atoms with Gasteiger partial charge in [0.2, 0.25) is 0 Å². The number of alkyl halides is 1. The molecule has 5 heteroatoms. The highest BCUT2D eigenvalue weighted by molar-refractivity contribution is 6.30. The van der Waals surface area contributed by atoms with Crippen LogP contribution >= 0.6 is 23.2 Å². The van der Waals surface area contributed by atoms with E-state index < -0.39 is 0 Å². The third-order valence-corrected chi connectivity index (χ3v) is 4.43. The molecule has 0 amide bonds. The van der Waals surface area contributed by atoms with Gasteiger partial charge in [-0.3, -0.25) is 4.68 Å². The van der Waals surface area contributed by atoms with Gasteiger partial charge in [-0.25, -0.2) is 4.98 Å². The summed E-state index contributed by atoms with van der Waals surface area (Å²) in [7, 11) is 0. The first-order valence-electron chi connectivity index (χ1n) is 7.40. The average molecular weight is 326 g/mol. The van der Waals surface area contributed by atoms with E-state index in [1.165, 1.54) is 18.4 Å². The van der Waals surface area contributed by atoms with Gasteiger partial charge < -0.3 is 0 Å². The fourth-order valence-electron chi connectivity index (χ4n) is 2.43. The van der Waals surface area contributed by atoms with Gasteiger partial charge in [-0.2, -0.15) is 5.10 Å². The molecule has 1 aromatic heterocycles. The van der Waals surface area contributed by atoms with E-state index in [0.29, 0.717) is 5.92 Å². The van der Waals surface area contributed by atoms with Gasteiger partial charge in [-0.1, -0.05) is 43.5 Å². The molecule has 114 valence electrons. The molecule has 21 heavy (non-hydrogen) atoms. The largest absolute Gasteiger partial charge is 0.253 e. The smallest absolute Gasteiger partial charge is 0.137 e. The molecule has 0 spiro atoms. The minimum Gasteiger partial charge on any atom is -0.253 e. The van der Waals surface area contributed by atoms with Crippen molar-refractivity contribution in [2.45, 2.75) is 44.5 Å². The van der Waals surface area contributed by atoms with Crippen LogP contribution in [0.2, 0.25) is 5.02 Å². The summed E-state index contributed by atoms with van der Waals surface area (Å²) in [5.74, 6) is 0.393. The molecule has 0 aliphatic carbocycles. The van der Waals surface area contributed by atoms with Gasteiger partial charge in [0, 0.05) is 16.9 Å². The van der Waals surface area contributed by atoms with Crippen LogP contribution in [-0.2, 0) is 13.0 Å². The van der Waals surface area contributed by atoms with E-state index in [9.17, 15) is 0 Å². The van der Waals surface area contributed by atoms with Crippen molar-refractivity contribution in [2.75, 3.05) is 0 Å². The molecule has 2 rings (SSSR count). The molecule has 0 saturated carbocycles. The van der Waals surface area contributed by atoms with Crippen molar-refractivity contribution in [1.82, 2.24) is 14.8 Å². The second kappa shape index (κ2) is 8.40. The Labute approximate surface area is 136 Å². The zero-order chi connectivity index (χ0) is 15.1. The molecule has 0 saturated heterocycles. The predicted octanol–water partition coefficient (Wildman–Crippen LogP) is 4.59. The van der Waals surface area contributed by atoms with E-state index in [0.717, 1.165) is 24.4 Å². The number of aromatic nitrogens is 3. The molecule has 0 radical (unpaired) electrons. The molecular weight excluding hydrogens is 305 g/mol. The molecule has 1 heterocycles. The topological polar surface area (TPSA) is 30.7 Å². The lowest BCUT2D eigenvalue weighted by atomic mass is 9.94. The fraction of sp³-hybridized carbons (Fsp3) is 0.500. The Hall–Kier alpha value is -1.06. The van der Waals surface area contributed by atoms with Crippen molar-refractivity contribution in [1.29, 1.82) is 0 Å². The number of unbranched alkanes of at least 4 members (excludes halogenated alkanes) is 1. The lowest BCUT2D eigenvalue weighted by molar-refractivity contribution is 0.365. The lowest BCUT2D eigenvalue weighted by Gasteiger charge is -2.22. The first-order chi connectivity index (χ1) is 10.2. The fourth-order valence-corrected chi connectivity index (χ4v) is 2.94. The highest BCUT2D eigenvalue weighted by Gasteiger charge is 2.20. The van der Waals surface area contributed by atoms with Crippen LogP contribution in [0.25, 0.3) is 0 Å². The molecule has 0 aliphatic heterocycles. The number of benzene rings is 1. The van der Waals surface area contributed by atoms with E-state index in [1.54, 1.807) is 12.7 Å². The number of halogens is 2. The van der Waals surface area contributed by atoms with Crippen LogP contribution in [0.4, 0.5) is 0 Å². The maximum atomic E-state index is 6.68. The molecule has 0 bridgehead atoms. The molecule has 1 aromatic carbocycles. The number of hydrogen-bond donors (Lipinski definition) is 0. The van der Waals surface area contributed by atoms with Gasteiger partial charge in [0.25, 0.3) is 0 Å². The summed E-state index contributed by atoms with van der Waals surface area (Å²) in [5.41, 5.74) is 1.22. The van der Waals surface area contributed by atoms with Crippen molar-refractivity contribution < 1.29 is 0 Å². The van der Waals surface area contributed by atoms with Crippen LogP contribution in [0.3, 0.4) is 0 Å². The van der Waals surface area contributed by atoms with E-state index in [4.69, 9.17) is 23.2 Å². The van der Waals surface area contributed by atoms with E-state index in [-0.39, 0.29) is 5.38 Å². The van der Waals surface area contributed by atoms with Gasteiger partial charge in [0.1, 0.15) is 12.7 Å². The SMILES string of the molecule is CCCCC(Cn1cncn1)C(Cl)Cc1ccc(Cl)cc1. The first-order valence-corrected chi connectivity index (χ1v) is 8.21. The van der Waals surface area contributed by atoms with Crippen LogP contribution < -0.4 is 0 Å². The van der Waals surface area contributed by atoms with Crippen LogP contribution in [-0.4, -0.2) is 20.1 Å². The van der Waals surface area contributed by atoms with Gasteiger partial charge in [-0.15, -0.1) is 11.6 Å². The van der Waals surface area contributed by atoms with Crippen molar-refractivity contribution in [3.63, 3.8) is 0 Å². The highest BCUT2D eigenvalue weighted by Crippen LogP contribution is 2.24. The molecular formula is C16H21Cl2N3. The summed E-state index contributed by atoms with van der Waals surface area (Å²) in [6, 6.07) is 7.92. The van der Waals surface area contributed by atoms with Gasteiger partial charge in [0.05, 0.1) is 0 Å². The second-order valence-corrected chi connectivity index (χ2v) is 6.36. The van der Waals surface area contributed by atoms with E-state index >= 15 is 0 Å². The van der Waals surface area contributed by atoms with Crippen LogP contribution in [0.5, 0.6) is 0 Å². The highest BCUT2D eigenvalue weighted by atomic mass is 35.5. The minimum atomic E-state index is 0.0851. The maximum Gasteiger partial charge on any atom is 0.137 e. The third-order valence-electron chi connectivity index (χ3n) is 3.67. The standard InChI is InChI=1S/C16H21Cl2N3/c1-2-3-4-14(10-21-12-19-11-20-21)16(18)9-13-5-7-15(17)8-6-13/h5-8,11-12,14,16H,2-4,9-10H2,1H3. The Balaban J connectivity index is 1.98. The zero-order valence-corrected chi connectivity index (χ0v) is 13.8. The van der Waals surface area contributed by atoms with Crippen LogP contribution in [0.15, 0.2) is 36.9 Å². The Morgan fingerprint density at radius 2 is 2.00 bits per heavy atom. The summed E-state index contributed by atoms with van der Waals surface area (Å²) in [5, 5.41) is 5.04. The molecule has 2 unspecified atom stereocenters. The quantitative estimate of drug-likeness (QED) is 0.664. The lowest BCUT2D eigenvalue weighted by Crippen LogP contribution is -2.23. The summed E-state index contributed by atoms with van der Waals surface area (Å²) < 4.78 is 1.87. The van der Waals surface area contributed by atoms with E-state index in [1.807, 2.05) is 28.9 Å². The molecule has 0 N–H and O–H groups in total. The number of nitrogens with zero attached hydrogens (tertiary/aromatic N) is 3. The van der Waals surface area contributed by atoms with Gasteiger partial charge >= 0.3 is 0 Å². The van der Waals surface area contributed by atoms with Gasteiger partial charge in [0.15, 0.2) is 0 Å². The minimum absolute atomic E-state index is 0.0851. The molecule has 2 aromatic rings. The molecule has 3 nitrogen and oxygen atoms in total. The molecule has 2 atom stereocenters. The summed E-state index contributed by atoms with van der Waals surface area (Å²) in [4.78, 5) is 4.00. The van der Waals surface area contributed by atoms with Crippen molar-refractivity contribution >= 4 is 23.2 Å². The van der Waals surface area contributed by atoms with Crippen molar-refractivity contribution in [3.8, 4) is 0 Å². The van der Waals surface area contributed by atoms with Crippen molar-refractivity contribution in [3.05, 3.63) is 47.5 Å². The van der Waals surface area contributed by atoms with E-state index in [2.05, 4.69) is 17.0 Å². The van der Waals surface area contributed by atoms with Crippen molar-refractivity contribution in [2.24, 2.45) is 5.92 Å². The normalized spacial score (nSPS) is 14.0. The molecule has 0 fully saturated rings. The Bertz CT molecular complexity index is 511. The maximum absolute atomic E-state index is 6.68. The molecule has 0 aliphatic rings. The zero-order valence-electron chi connectivity index (χ0n) is 12.3. The Morgan fingerprint density at radius 1 is 1.24 bits per heavy atom. The monoisotopic (exact) mass is 325 g/mol. The predicted molar refractivity (Wildman–Crippen MR) is 87.8 cm³/mol. The Kier molecular flexibility index (Phi) is 6.52. The average Bonchev–Trinajstić information content (AvgIpc) is 2.98. The number of rotatable bonds is 8. The van der Waals surface area contributed by atoms with Gasteiger partial charge in [-0.05, 0) is 36.5 Å². The third kappa shape index (κ3) is 5.33.